The third-order valence-corrected chi connectivity index (χ3v) is 6.92. The lowest BCUT2D eigenvalue weighted by Crippen LogP contribution is -2.01. The molecular formula is C31H46N2. The maximum Gasteiger partial charge on any atom is 0.141 e. The molecule has 33 heavy (non-hydrogen) atoms. The summed E-state index contributed by atoms with van der Waals surface area (Å²) < 4.78 is 2.43. The Labute approximate surface area is 202 Å². The van der Waals surface area contributed by atoms with Gasteiger partial charge in [-0.2, -0.15) is 0 Å². The first-order valence-corrected chi connectivity index (χ1v) is 13.9. The number of hydrogen-bond acceptors (Lipinski definition) is 1. The number of benzene rings is 2. The highest BCUT2D eigenvalue weighted by Crippen LogP contribution is 2.25. The molecule has 0 saturated heterocycles. The standard InChI is InChI=1S/C31H46N2/c1-2-3-4-5-6-7-8-9-10-11-12-13-14-15-16-22-27-33-30-26-21-20-25-29(30)32-31(33)28-23-18-17-19-24-28/h17-21,23-26H,2-16,22,27H2,1H3. The van der Waals surface area contributed by atoms with E-state index in [1.54, 1.807) is 0 Å². The topological polar surface area (TPSA) is 17.8 Å². The third kappa shape index (κ3) is 8.99. The second-order valence-corrected chi connectivity index (χ2v) is 9.75. The molecule has 180 valence electrons. The Morgan fingerprint density at radius 1 is 0.545 bits per heavy atom. The smallest absolute Gasteiger partial charge is 0.141 e. The van der Waals surface area contributed by atoms with Gasteiger partial charge in [-0.3, -0.25) is 0 Å². The van der Waals surface area contributed by atoms with E-state index in [2.05, 4.69) is 66.1 Å². The van der Waals surface area contributed by atoms with Crippen LogP contribution in [0, 0.1) is 0 Å². The maximum atomic E-state index is 4.94. The van der Waals surface area contributed by atoms with E-state index in [1.807, 2.05) is 0 Å². The molecule has 3 aromatic rings. The quantitative estimate of drug-likeness (QED) is 0.178. The van der Waals surface area contributed by atoms with Crippen LogP contribution in [0.5, 0.6) is 0 Å². The fourth-order valence-electron chi connectivity index (χ4n) is 4.93. The number of hydrogen-bond donors (Lipinski definition) is 0. The number of aromatic nitrogens is 2. The molecule has 0 radical (unpaired) electrons. The van der Waals surface area contributed by atoms with Crippen molar-refractivity contribution >= 4 is 11.0 Å². The summed E-state index contributed by atoms with van der Waals surface area (Å²) in [5.41, 5.74) is 3.58. The van der Waals surface area contributed by atoms with Gasteiger partial charge in [-0.1, -0.05) is 146 Å². The van der Waals surface area contributed by atoms with Crippen LogP contribution in [0.25, 0.3) is 22.4 Å². The van der Waals surface area contributed by atoms with Gasteiger partial charge in [0.05, 0.1) is 11.0 Å². The summed E-state index contributed by atoms with van der Waals surface area (Å²) in [4.78, 5) is 4.94. The van der Waals surface area contributed by atoms with E-state index >= 15 is 0 Å². The molecule has 0 fully saturated rings. The molecule has 0 atom stereocenters. The molecule has 0 N–H and O–H groups in total. The molecule has 0 spiro atoms. The fraction of sp³-hybridized carbons (Fsp3) is 0.581. The maximum absolute atomic E-state index is 4.94. The first kappa shape index (κ1) is 25.5. The predicted octanol–water partition coefficient (Wildman–Crippen LogP) is 9.96. The third-order valence-electron chi connectivity index (χ3n) is 6.92. The molecule has 0 aliphatic rings. The molecule has 2 nitrogen and oxygen atoms in total. The molecular weight excluding hydrogens is 400 g/mol. The second-order valence-electron chi connectivity index (χ2n) is 9.75. The lowest BCUT2D eigenvalue weighted by molar-refractivity contribution is 0.523. The zero-order valence-electron chi connectivity index (χ0n) is 21.1. The molecule has 0 amide bonds. The molecule has 2 heteroatoms. The van der Waals surface area contributed by atoms with Crippen LogP contribution < -0.4 is 0 Å². The zero-order valence-corrected chi connectivity index (χ0v) is 21.1. The minimum Gasteiger partial charge on any atom is -0.324 e. The van der Waals surface area contributed by atoms with E-state index < -0.39 is 0 Å². The number of rotatable bonds is 18. The summed E-state index contributed by atoms with van der Waals surface area (Å²) in [6, 6.07) is 19.2. The Morgan fingerprint density at radius 2 is 1.03 bits per heavy atom. The normalized spacial score (nSPS) is 11.4. The van der Waals surface area contributed by atoms with Crippen LogP contribution in [0.15, 0.2) is 54.6 Å². The number of nitrogens with zero attached hydrogens (tertiary/aromatic N) is 2. The van der Waals surface area contributed by atoms with Crippen molar-refractivity contribution in [3.63, 3.8) is 0 Å². The van der Waals surface area contributed by atoms with Crippen LogP contribution in [0.1, 0.15) is 110 Å². The summed E-state index contributed by atoms with van der Waals surface area (Å²) in [7, 11) is 0. The van der Waals surface area contributed by atoms with Gasteiger partial charge >= 0.3 is 0 Å². The van der Waals surface area contributed by atoms with E-state index in [9.17, 15) is 0 Å². The van der Waals surface area contributed by atoms with Crippen LogP contribution in [0.3, 0.4) is 0 Å². The first-order chi connectivity index (χ1) is 16.4. The van der Waals surface area contributed by atoms with Crippen molar-refractivity contribution in [1.29, 1.82) is 0 Å². The molecule has 2 aromatic carbocycles. The van der Waals surface area contributed by atoms with Crippen molar-refractivity contribution in [1.82, 2.24) is 9.55 Å². The molecule has 3 rings (SSSR count). The summed E-state index contributed by atoms with van der Waals surface area (Å²) in [5.74, 6) is 1.11. The molecule has 0 aliphatic carbocycles. The zero-order chi connectivity index (χ0) is 23.0. The van der Waals surface area contributed by atoms with Crippen molar-refractivity contribution in [3.8, 4) is 11.4 Å². The van der Waals surface area contributed by atoms with Gasteiger partial charge < -0.3 is 4.57 Å². The summed E-state index contributed by atoms with van der Waals surface area (Å²) in [5, 5.41) is 0. The van der Waals surface area contributed by atoms with Crippen LogP contribution in [-0.2, 0) is 6.54 Å². The van der Waals surface area contributed by atoms with Gasteiger partial charge in [0.25, 0.3) is 0 Å². The van der Waals surface area contributed by atoms with E-state index in [-0.39, 0.29) is 0 Å². The van der Waals surface area contributed by atoms with E-state index in [4.69, 9.17) is 4.98 Å². The largest absolute Gasteiger partial charge is 0.324 e. The minimum atomic E-state index is 1.06. The fourth-order valence-corrected chi connectivity index (χ4v) is 4.93. The van der Waals surface area contributed by atoms with Gasteiger partial charge in [0.1, 0.15) is 5.82 Å². The van der Waals surface area contributed by atoms with Crippen molar-refractivity contribution in [3.05, 3.63) is 54.6 Å². The lowest BCUT2D eigenvalue weighted by Gasteiger charge is -2.09. The van der Waals surface area contributed by atoms with E-state index in [0.717, 1.165) is 17.9 Å². The van der Waals surface area contributed by atoms with Crippen molar-refractivity contribution in [2.75, 3.05) is 0 Å². The van der Waals surface area contributed by atoms with E-state index in [1.165, 1.54) is 114 Å². The lowest BCUT2D eigenvalue weighted by atomic mass is 10.0. The van der Waals surface area contributed by atoms with Crippen LogP contribution in [-0.4, -0.2) is 9.55 Å². The minimum absolute atomic E-state index is 1.06. The highest BCUT2D eigenvalue weighted by molar-refractivity contribution is 5.80. The average Bonchev–Trinajstić information content (AvgIpc) is 3.23. The first-order valence-electron chi connectivity index (χ1n) is 13.9. The van der Waals surface area contributed by atoms with Gasteiger partial charge in [0.15, 0.2) is 0 Å². The molecule has 1 aromatic heterocycles. The number of para-hydroxylation sites is 2. The predicted molar refractivity (Wildman–Crippen MR) is 145 cm³/mol. The molecule has 1 heterocycles. The van der Waals surface area contributed by atoms with Gasteiger partial charge in [-0.05, 0) is 18.6 Å². The van der Waals surface area contributed by atoms with Crippen molar-refractivity contribution < 1.29 is 0 Å². The van der Waals surface area contributed by atoms with E-state index in [0.29, 0.717) is 0 Å². The molecule has 0 bridgehead atoms. The average molecular weight is 447 g/mol. The number of aryl methyl sites for hydroxylation is 1. The second kappa shape index (κ2) is 15.7. The highest BCUT2D eigenvalue weighted by atomic mass is 15.1. The summed E-state index contributed by atoms with van der Waals surface area (Å²) >= 11 is 0. The number of fused-ring (bicyclic) bond motifs is 1. The SMILES string of the molecule is CCCCCCCCCCCCCCCCCCn1c(-c2ccccc2)nc2ccccc21. The number of imidazole rings is 1. The Bertz CT molecular complexity index is 880. The van der Waals surface area contributed by atoms with Crippen LogP contribution in [0.4, 0.5) is 0 Å². The van der Waals surface area contributed by atoms with Crippen LogP contribution in [0.2, 0.25) is 0 Å². The Morgan fingerprint density at radius 3 is 1.61 bits per heavy atom. The Hall–Kier alpha value is -2.09. The molecule has 0 unspecified atom stereocenters. The Balaban J connectivity index is 1.26. The van der Waals surface area contributed by atoms with Gasteiger partial charge in [0, 0.05) is 12.1 Å². The summed E-state index contributed by atoms with van der Waals surface area (Å²) in [6.45, 7) is 3.36. The van der Waals surface area contributed by atoms with Gasteiger partial charge in [0.2, 0.25) is 0 Å². The Kier molecular flexibility index (Phi) is 12.1. The molecule has 0 saturated carbocycles. The molecule has 0 aliphatic heterocycles. The van der Waals surface area contributed by atoms with Crippen molar-refractivity contribution in [2.45, 2.75) is 116 Å². The van der Waals surface area contributed by atoms with Crippen LogP contribution >= 0.6 is 0 Å². The monoisotopic (exact) mass is 446 g/mol. The van der Waals surface area contributed by atoms with Crippen molar-refractivity contribution in [2.24, 2.45) is 0 Å². The number of unbranched alkanes of at least 4 members (excludes halogenated alkanes) is 15. The van der Waals surface area contributed by atoms with Gasteiger partial charge in [-0.25, -0.2) is 4.98 Å². The summed E-state index contributed by atoms with van der Waals surface area (Å²) in [6.07, 6.45) is 22.6. The highest BCUT2D eigenvalue weighted by Gasteiger charge is 2.11. The van der Waals surface area contributed by atoms with Gasteiger partial charge in [-0.15, -0.1) is 0 Å².